The third-order valence-electron chi connectivity index (χ3n) is 7.25. The Bertz CT molecular complexity index is 1230. The summed E-state index contributed by atoms with van der Waals surface area (Å²) < 4.78 is 21.5. The Kier molecular flexibility index (Phi) is 84.3. The number of carboxylic acid groups (broad SMARTS) is 2. The molecule has 0 aliphatic heterocycles. The van der Waals surface area contributed by atoms with Gasteiger partial charge in [-0.3, -0.25) is 9.59 Å². The highest BCUT2D eigenvalue weighted by Crippen LogP contribution is 2.33. The van der Waals surface area contributed by atoms with Crippen LogP contribution in [0.1, 0.15) is 134 Å². The third-order valence-corrected chi connectivity index (χ3v) is 23.8. The third kappa shape index (κ3) is 58.5. The van der Waals surface area contributed by atoms with E-state index in [1.54, 1.807) is 0 Å². The zero-order valence-corrected chi connectivity index (χ0v) is 36.0. The quantitative estimate of drug-likeness (QED) is 0.116. The van der Waals surface area contributed by atoms with E-state index >= 15 is 0 Å². The molecule has 0 saturated heterocycles. The van der Waals surface area contributed by atoms with E-state index in [9.17, 15) is 19.8 Å². The first-order chi connectivity index (χ1) is 23.9. The smallest absolute Gasteiger partial charge is 0.373 e. The van der Waals surface area contributed by atoms with Crippen LogP contribution in [-0.4, -0.2) is 80.5 Å². The van der Waals surface area contributed by atoms with Gasteiger partial charge in [-0.15, -0.1) is 0 Å². The predicted molar refractivity (Wildman–Crippen MR) is 261 cm³/mol. The Morgan fingerprint density at radius 2 is 0.790 bits per heavy atom. The molecule has 1 rings (SSSR count). The monoisotopic (exact) mass is 965 g/mol. The highest BCUT2D eigenvalue weighted by Gasteiger charge is 2.49. The molecule has 0 aliphatic carbocycles. The molecule has 1 aromatic rings. The van der Waals surface area contributed by atoms with Gasteiger partial charge in [-0.05, 0) is 93.2 Å². The van der Waals surface area contributed by atoms with Gasteiger partial charge in [0.1, 0.15) is 0 Å². The summed E-state index contributed by atoms with van der Waals surface area (Å²) in [6.07, 6.45) is 3.38. The minimum atomic E-state index is -2.96. The van der Waals surface area contributed by atoms with Gasteiger partial charge in [-0.25, -0.2) is 0 Å². The van der Waals surface area contributed by atoms with Crippen molar-refractivity contribution in [2.75, 3.05) is 0 Å². The van der Waals surface area contributed by atoms with Crippen LogP contribution < -0.4 is 5.19 Å². The van der Waals surface area contributed by atoms with Gasteiger partial charge in [0, 0.05) is 12.8 Å². The molecule has 0 saturated carbocycles. The van der Waals surface area contributed by atoms with Gasteiger partial charge in [0.2, 0.25) is 0 Å². The molecular weight excluding hydrogens is 869 g/mol. The van der Waals surface area contributed by atoms with E-state index in [1.165, 1.54) is 0 Å². The van der Waals surface area contributed by atoms with E-state index in [2.05, 4.69) is 79.1 Å². The van der Waals surface area contributed by atoms with Crippen molar-refractivity contribution in [2.24, 2.45) is 17.8 Å². The van der Waals surface area contributed by atoms with Crippen molar-refractivity contribution in [1.29, 1.82) is 0 Å². The number of rotatable bonds is 20. The second-order valence-corrected chi connectivity index (χ2v) is 29.8. The summed E-state index contributed by atoms with van der Waals surface area (Å²) >= 11 is 0. The highest BCUT2D eigenvalue weighted by molar-refractivity contribution is 6.95. The van der Waals surface area contributed by atoms with E-state index in [0.29, 0.717) is 24.3 Å². The van der Waals surface area contributed by atoms with Crippen LogP contribution in [-0.2, 0) is 60.3 Å². The summed E-state index contributed by atoms with van der Waals surface area (Å²) in [6.45, 7) is 22.2. The lowest BCUT2D eigenvalue weighted by atomic mass is 9.99. The summed E-state index contributed by atoms with van der Waals surface area (Å²) in [6, 6.07) is 12.9. The topological polar surface area (TPSA) is 239 Å². The number of benzene rings is 1. The molecule has 62 heavy (non-hydrogen) atoms. The van der Waals surface area contributed by atoms with E-state index in [0.717, 1.165) is 30.1 Å². The molecule has 0 radical (unpaired) electrons. The molecule has 0 amide bonds. The number of hydrogen-bond donors (Lipinski definition) is 2. The van der Waals surface area contributed by atoms with Crippen LogP contribution in [0.15, 0.2) is 30.3 Å². The molecule has 0 spiro atoms. The number of carbonyl (C=O) groups is 2. The van der Waals surface area contributed by atoms with Crippen molar-refractivity contribution in [3.05, 3.63) is 30.3 Å². The molecule has 0 fully saturated rings. The Hall–Kier alpha value is -3.57. The Balaban J connectivity index is -0.0000000782. The molecule has 15 nitrogen and oxygen atoms in total. The maximum atomic E-state index is 11.4. The fraction of sp³-hybridized carbons (Fsp3) is 0.721. The Morgan fingerprint density at radius 3 is 1.10 bits per heavy atom. The molecule has 0 aliphatic rings. The predicted octanol–water partition coefficient (Wildman–Crippen LogP) is 11.6. The Morgan fingerprint density at radius 1 is 0.500 bits per heavy atom. The van der Waals surface area contributed by atoms with Crippen LogP contribution >= 0.6 is 0 Å². The van der Waals surface area contributed by atoms with E-state index in [1.807, 2.05) is 18.2 Å². The van der Waals surface area contributed by atoms with E-state index < -0.39 is 51.6 Å². The molecule has 2 unspecified atom stereocenters. The first kappa shape index (κ1) is 97.6. The van der Waals surface area contributed by atoms with Crippen molar-refractivity contribution in [3.8, 4) is 0 Å². The maximum Gasteiger partial charge on any atom is 0.373 e. The van der Waals surface area contributed by atoms with Crippen LogP contribution in [0, 0.1) is 17.8 Å². The van der Waals surface area contributed by atoms with Gasteiger partial charge in [-0.2, -0.15) is 38.4 Å². The molecule has 2 atom stereocenters. The second-order valence-electron chi connectivity index (χ2n) is 14.1. The molecule has 1 aromatic carbocycles. The van der Waals surface area contributed by atoms with Crippen LogP contribution in [0.5, 0.6) is 0 Å². The van der Waals surface area contributed by atoms with Crippen molar-refractivity contribution in [2.45, 2.75) is 191 Å². The van der Waals surface area contributed by atoms with Gasteiger partial charge in [-0.1, -0.05) is 139 Å². The molecular formula is C43H96O15Si4. The standard InChI is InChI=1S/C29H56O7Si4.4CO2.10CH4/c1-24(2)16-19-37(5,6)34-39(9,21-17-25(3)4)36-40(10,27-14-12-11-13-15-27)35-38(7,8)20-18-26(22-28(30)31)23-29(32)33;4*2-1-3;;;;;;;;;;/h11-15,24-26H,16-23H2,1-10H3,(H,30,31)(H,32,33);;;;;10*1H4. The van der Waals surface area contributed by atoms with Crippen molar-refractivity contribution < 1.29 is 70.5 Å². The summed E-state index contributed by atoms with van der Waals surface area (Å²) in [5.74, 6) is -1.18. The van der Waals surface area contributed by atoms with Crippen LogP contribution in [0.4, 0.5) is 0 Å². The molecule has 19 heteroatoms. The molecule has 0 aromatic heterocycles. The van der Waals surface area contributed by atoms with Gasteiger partial charge < -0.3 is 22.6 Å². The fourth-order valence-electron chi connectivity index (χ4n) is 5.14. The van der Waals surface area contributed by atoms with Crippen LogP contribution in [0.3, 0.4) is 0 Å². The minimum Gasteiger partial charge on any atom is -0.481 e. The van der Waals surface area contributed by atoms with E-state index in [-0.39, 0.29) is 112 Å². The lowest BCUT2D eigenvalue weighted by Gasteiger charge is -2.44. The summed E-state index contributed by atoms with van der Waals surface area (Å²) in [7, 11) is -10.0. The van der Waals surface area contributed by atoms with Crippen molar-refractivity contribution in [1.82, 2.24) is 0 Å². The summed E-state index contributed by atoms with van der Waals surface area (Å²) in [4.78, 5) is 87.7. The van der Waals surface area contributed by atoms with E-state index in [4.69, 9.17) is 50.7 Å². The van der Waals surface area contributed by atoms with Gasteiger partial charge in [0.15, 0.2) is 16.6 Å². The molecule has 374 valence electrons. The number of hydrogen-bond acceptors (Lipinski definition) is 13. The minimum absolute atomic E-state index is 0. The average molecular weight is 966 g/mol. The zero-order chi connectivity index (χ0) is 41.6. The van der Waals surface area contributed by atoms with Gasteiger partial charge >= 0.3 is 53.7 Å². The highest BCUT2D eigenvalue weighted by atomic mass is 28.5. The van der Waals surface area contributed by atoms with Crippen molar-refractivity contribution >= 4 is 75.5 Å². The first-order valence-electron chi connectivity index (χ1n) is 16.5. The van der Waals surface area contributed by atoms with Gasteiger partial charge in [0.25, 0.3) is 0 Å². The van der Waals surface area contributed by atoms with Crippen molar-refractivity contribution in [3.63, 3.8) is 0 Å². The largest absolute Gasteiger partial charge is 0.481 e. The maximum absolute atomic E-state index is 11.4. The average Bonchev–Trinajstić information content (AvgIpc) is 2.99. The van der Waals surface area contributed by atoms with Gasteiger partial charge in [0.05, 0.1) is 0 Å². The first-order valence-corrected chi connectivity index (χ1v) is 27.6. The molecule has 2 N–H and O–H groups in total. The lowest BCUT2D eigenvalue weighted by Crippen LogP contribution is -2.64. The molecule has 0 bridgehead atoms. The number of aliphatic carboxylic acids is 2. The summed E-state index contributed by atoms with van der Waals surface area (Å²) in [5.41, 5.74) is 0. The number of carboxylic acids is 2. The van der Waals surface area contributed by atoms with Crippen LogP contribution in [0.2, 0.25) is 57.4 Å². The number of carbonyl (C=O) groups excluding carboxylic acids is 8. The van der Waals surface area contributed by atoms with Crippen LogP contribution in [0.25, 0.3) is 0 Å². The summed E-state index contributed by atoms with van der Waals surface area (Å²) in [5, 5.41) is 19.7. The zero-order valence-electron chi connectivity index (χ0n) is 32.0. The fourth-order valence-corrected chi connectivity index (χ4v) is 25.3. The normalized spacial score (nSPS) is 10.7. The SMILES string of the molecule is C.C.C.C.C.C.C.C.C.C.CC(C)CC[Si](C)(C)O[Si](C)(CCC(C)C)O[Si](C)(O[Si](C)(C)CCC(CC(=O)O)CC(=O)O)c1ccccc1.O=C=O.O=C=O.O=C=O.O=C=O. The Labute approximate surface area is 384 Å². The second kappa shape index (κ2) is 53.6. The lowest BCUT2D eigenvalue weighted by molar-refractivity contribution is -0.193. The molecule has 0 heterocycles.